The van der Waals surface area contributed by atoms with E-state index in [9.17, 15) is 14.7 Å². The number of aromatic carboxylic acids is 1. The Morgan fingerprint density at radius 1 is 0.909 bits per heavy atom. The van der Waals surface area contributed by atoms with Crippen LogP contribution < -0.4 is 0 Å². The molecule has 0 unspecified atom stereocenters. The molecule has 0 saturated heterocycles. The summed E-state index contributed by atoms with van der Waals surface area (Å²) in [4.78, 5) is 22.3. The standard InChI is InChI=1S/C18H16O4/c1-2-12-3-7-14(8-4-12)16(18(21)22)11-13-5-9-15(10-6-13)17(19)20/h3-11H,2H2,1H3,(H,19,20)(H,21,22)/b16-11-. The second-order valence-corrected chi connectivity index (χ2v) is 4.84. The van der Waals surface area contributed by atoms with Gasteiger partial charge in [0.1, 0.15) is 0 Å². The van der Waals surface area contributed by atoms with Gasteiger partial charge in [0, 0.05) is 0 Å². The summed E-state index contributed by atoms with van der Waals surface area (Å²) in [6, 6.07) is 13.5. The average molecular weight is 296 g/mol. The van der Waals surface area contributed by atoms with Crippen LogP contribution in [0.15, 0.2) is 48.5 Å². The monoisotopic (exact) mass is 296 g/mol. The highest BCUT2D eigenvalue weighted by atomic mass is 16.4. The molecule has 0 aliphatic rings. The van der Waals surface area contributed by atoms with Crippen molar-refractivity contribution in [2.24, 2.45) is 0 Å². The van der Waals surface area contributed by atoms with E-state index in [1.165, 1.54) is 18.2 Å². The number of hydrogen-bond acceptors (Lipinski definition) is 2. The summed E-state index contributed by atoms with van der Waals surface area (Å²) >= 11 is 0. The summed E-state index contributed by atoms with van der Waals surface area (Å²) in [6.45, 7) is 2.03. The Labute approximate surface area is 128 Å². The van der Waals surface area contributed by atoms with Gasteiger partial charge in [-0.2, -0.15) is 0 Å². The normalized spacial score (nSPS) is 11.2. The lowest BCUT2D eigenvalue weighted by atomic mass is 10.0. The van der Waals surface area contributed by atoms with Crippen molar-refractivity contribution >= 4 is 23.6 Å². The minimum Gasteiger partial charge on any atom is -0.478 e. The van der Waals surface area contributed by atoms with Gasteiger partial charge in [-0.3, -0.25) is 0 Å². The van der Waals surface area contributed by atoms with Crippen molar-refractivity contribution in [2.75, 3.05) is 0 Å². The molecular formula is C18H16O4. The smallest absolute Gasteiger partial charge is 0.336 e. The van der Waals surface area contributed by atoms with E-state index in [1.807, 2.05) is 19.1 Å². The van der Waals surface area contributed by atoms with Crippen LogP contribution in [0.3, 0.4) is 0 Å². The molecule has 4 heteroatoms. The van der Waals surface area contributed by atoms with Gasteiger partial charge in [0.2, 0.25) is 0 Å². The van der Waals surface area contributed by atoms with Gasteiger partial charge in [0.15, 0.2) is 0 Å². The number of aryl methyl sites for hydroxylation is 1. The van der Waals surface area contributed by atoms with Crippen LogP contribution in [0.2, 0.25) is 0 Å². The maximum Gasteiger partial charge on any atom is 0.336 e. The molecule has 4 nitrogen and oxygen atoms in total. The first-order valence-corrected chi connectivity index (χ1v) is 6.89. The van der Waals surface area contributed by atoms with Crippen LogP contribution in [-0.4, -0.2) is 22.2 Å². The van der Waals surface area contributed by atoms with Crippen LogP contribution in [0.1, 0.15) is 34.0 Å². The quantitative estimate of drug-likeness (QED) is 0.653. The first-order chi connectivity index (χ1) is 10.5. The van der Waals surface area contributed by atoms with Crippen molar-refractivity contribution in [3.63, 3.8) is 0 Å². The molecule has 0 aliphatic carbocycles. The molecule has 0 bridgehead atoms. The van der Waals surface area contributed by atoms with Gasteiger partial charge in [0.05, 0.1) is 11.1 Å². The number of hydrogen-bond donors (Lipinski definition) is 2. The van der Waals surface area contributed by atoms with Crippen molar-refractivity contribution in [3.05, 3.63) is 70.8 Å². The van der Waals surface area contributed by atoms with Gasteiger partial charge in [-0.05, 0) is 41.3 Å². The maximum atomic E-state index is 11.5. The van der Waals surface area contributed by atoms with Crippen molar-refractivity contribution < 1.29 is 19.8 Å². The Kier molecular flexibility index (Phi) is 4.73. The Morgan fingerprint density at radius 3 is 1.91 bits per heavy atom. The second kappa shape index (κ2) is 6.72. The highest BCUT2D eigenvalue weighted by molar-refractivity contribution is 6.20. The van der Waals surface area contributed by atoms with Gasteiger partial charge in [-0.1, -0.05) is 43.3 Å². The van der Waals surface area contributed by atoms with Crippen LogP contribution in [0.5, 0.6) is 0 Å². The Balaban J connectivity index is 2.37. The van der Waals surface area contributed by atoms with Gasteiger partial charge < -0.3 is 10.2 Å². The zero-order chi connectivity index (χ0) is 16.1. The Morgan fingerprint density at radius 2 is 1.45 bits per heavy atom. The molecule has 0 atom stereocenters. The third kappa shape index (κ3) is 3.61. The van der Waals surface area contributed by atoms with Crippen LogP contribution >= 0.6 is 0 Å². The Bertz CT molecular complexity index is 710. The van der Waals surface area contributed by atoms with Crippen LogP contribution in [-0.2, 0) is 11.2 Å². The zero-order valence-electron chi connectivity index (χ0n) is 12.1. The lowest BCUT2D eigenvalue weighted by molar-refractivity contribution is -0.130. The van der Waals surface area contributed by atoms with Gasteiger partial charge in [0.25, 0.3) is 0 Å². The minimum atomic E-state index is -1.02. The topological polar surface area (TPSA) is 74.6 Å². The number of benzene rings is 2. The molecular weight excluding hydrogens is 280 g/mol. The van der Waals surface area contributed by atoms with Crippen molar-refractivity contribution in [1.29, 1.82) is 0 Å². The second-order valence-electron chi connectivity index (χ2n) is 4.84. The molecule has 0 radical (unpaired) electrons. The van der Waals surface area contributed by atoms with E-state index in [1.54, 1.807) is 24.3 Å². The number of carboxylic acid groups (broad SMARTS) is 2. The van der Waals surface area contributed by atoms with E-state index in [-0.39, 0.29) is 11.1 Å². The van der Waals surface area contributed by atoms with E-state index in [4.69, 9.17) is 5.11 Å². The molecule has 0 saturated carbocycles. The molecule has 0 spiro atoms. The summed E-state index contributed by atoms with van der Waals surface area (Å²) in [5.41, 5.74) is 2.74. The predicted octanol–water partition coefficient (Wildman–Crippen LogP) is 3.57. The molecule has 0 fully saturated rings. The lowest BCUT2D eigenvalue weighted by Gasteiger charge is -2.05. The zero-order valence-corrected chi connectivity index (χ0v) is 12.1. The highest BCUT2D eigenvalue weighted by Crippen LogP contribution is 2.20. The molecule has 0 aliphatic heterocycles. The van der Waals surface area contributed by atoms with E-state index in [0.717, 1.165) is 12.0 Å². The maximum absolute atomic E-state index is 11.5. The van der Waals surface area contributed by atoms with Crippen molar-refractivity contribution in [2.45, 2.75) is 13.3 Å². The molecule has 2 aromatic carbocycles. The predicted molar refractivity (Wildman–Crippen MR) is 84.7 cm³/mol. The molecule has 22 heavy (non-hydrogen) atoms. The van der Waals surface area contributed by atoms with E-state index < -0.39 is 11.9 Å². The van der Waals surface area contributed by atoms with Crippen LogP contribution in [0.4, 0.5) is 0 Å². The summed E-state index contributed by atoms with van der Waals surface area (Å²) in [6.07, 6.45) is 2.43. The number of aliphatic carboxylic acids is 1. The first kappa shape index (κ1) is 15.5. The van der Waals surface area contributed by atoms with Crippen molar-refractivity contribution in [1.82, 2.24) is 0 Å². The first-order valence-electron chi connectivity index (χ1n) is 6.89. The fourth-order valence-electron chi connectivity index (χ4n) is 2.08. The fourth-order valence-corrected chi connectivity index (χ4v) is 2.08. The summed E-state index contributed by atoms with van der Waals surface area (Å²) in [5.74, 6) is -2.03. The summed E-state index contributed by atoms with van der Waals surface area (Å²) in [5, 5.41) is 18.3. The number of carboxylic acids is 2. The van der Waals surface area contributed by atoms with Crippen LogP contribution in [0, 0.1) is 0 Å². The number of rotatable bonds is 5. The SMILES string of the molecule is CCc1ccc(/C(=C/c2ccc(C(=O)O)cc2)C(=O)O)cc1. The number of carbonyl (C=O) groups is 2. The fraction of sp³-hybridized carbons (Fsp3) is 0.111. The average Bonchev–Trinajstić information content (AvgIpc) is 2.53. The summed E-state index contributed by atoms with van der Waals surface area (Å²) < 4.78 is 0. The minimum absolute atomic E-state index is 0.168. The van der Waals surface area contributed by atoms with Gasteiger partial charge in [-0.15, -0.1) is 0 Å². The van der Waals surface area contributed by atoms with E-state index >= 15 is 0 Å². The third-order valence-electron chi connectivity index (χ3n) is 3.37. The largest absolute Gasteiger partial charge is 0.478 e. The van der Waals surface area contributed by atoms with Crippen molar-refractivity contribution in [3.8, 4) is 0 Å². The Hall–Kier alpha value is -2.88. The molecule has 2 N–H and O–H groups in total. The van der Waals surface area contributed by atoms with Crippen LogP contribution in [0.25, 0.3) is 11.6 Å². The lowest BCUT2D eigenvalue weighted by Crippen LogP contribution is -2.00. The molecule has 0 amide bonds. The molecule has 0 aromatic heterocycles. The summed E-state index contributed by atoms with van der Waals surface area (Å²) in [7, 11) is 0. The van der Waals surface area contributed by atoms with Gasteiger partial charge >= 0.3 is 11.9 Å². The highest BCUT2D eigenvalue weighted by Gasteiger charge is 2.10. The third-order valence-corrected chi connectivity index (χ3v) is 3.37. The molecule has 0 heterocycles. The molecule has 2 aromatic rings. The molecule has 112 valence electrons. The van der Waals surface area contributed by atoms with E-state index in [2.05, 4.69) is 0 Å². The van der Waals surface area contributed by atoms with Gasteiger partial charge in [-0.25, -0.2) is 9.59 Å². The van der Waals surface area contributed by atoms with E-state index in [0.29, 0.717) is 11.1 Å². The molecule has 2 rings (SSSR count).